The molecule has 0 aliphatic carbocycles. The number of halogens is 1. The van der Waals surface area contributed by atoms with Gasteiger partial charge in [-0.05, 0) is 54.0 Å². The number of carbonyl (C=O) groups is 1. The van der Waals surface area contributed by atoms with Crippen LogP contribution in [0.25, 0.3) is 11.0 Å². The first-order valence-electron chi connectivity index (χ1n) is 8.86. The molecule has 0 saturated carbocycles. The molecule has 148 valence electrons. The second kappa shape index (κ2) is 8.56. The third-order valence-corrected chi connectivity index (χ3v) is 5.09. The van der Waals surface area contributed by atoms with Crippen molar-refractivity contribution in [2.75, 3.05) is 20.8 Å². The zero-order chi connectivity index (χ0) is 20.3. The number of furan rings is 1. The summed E-state index contributed by atoms with van der Waals surface area (Å²) < 4.78 is 22.8. The van der Waals surface area contributed by atoms with Gasteiger partial charge in [-0.1, -0.05) is 12.1 Å². The van der Waals surface area contributed by atoms with E-state index in [1.807, 2.05) is 38.1 Å². The van der Waals surface area contributed by atoms with Crippen LogP contribution >= 0.6 is 15.9 Å². The van der Waals surface area contributed by atoms with E-state index < -0.39 is 0 Å². The molecule has 1 unspecified atom stereocenters. The lowest BCUT2D eigenvalue weighted by Crippen LogP contribution is -2.26. The summed E-state index contributed by atoms with van der Waals surface area (Å²) in [6.45, 7) is 4.34. The number of rotatable bonds is 7. The van der Waals surface area contributed by atoms with Crippen LogP contribution in [-0.4, -0.2) is 26.7 Å². The van der Waals surface area contributed by atoms with Gasteiger partial charge < -0.3 is 23.9 Å². The molecule has 7 heteroatoms. The maximum absolute atomic E-state index is 12.8. The standard InChI is InChI=1S/C21H22BrNO5/c1-5-27-15-8-6-7-13-9-16(28-20(13)15)12(2)23-21(24)14-10-17(25-3)19(22)18(11-14)26-4/h6-12H,5H2,1-4H3,(H,23,24). The summed E-state index contributed by atoms with van der Waals surface area (Å²) in [4.78, 5) is 12.8. The Hall–Kier alpha value is -2.67. The normalized spacial score (nSPS) is 11.9. The van der Waals surface area contributed by atoms with E-state index in [0.29, 0.717) is 45.2 Å². The molecule has 2 aromatic carbocycles. The Labute approximate surface area is 171 Å². The highest BCUT2D eigenvalue weighted by molar-refractivity contribution is 9.10. The zero-order valence-corrected chi connectivity index (χ0v) is 17.8. The van der Waals surface area contributed by atoms with Gasteiger partial charge in [0, 0.05) is 10.9 Å². The van der Waals surface area contributed by atoms with E-state index in [4.69, 9.17) is 18.6 Å². The molecule has 0 bridgehead atoms. The Kier molecular flexibility index (Phi) is 6.14. The SMILES string of the molecule is CCOc1cccc2cc(C(C)NC(=O)c3cc(OC)c(Br)c(OC)c3)oc12. The van der Waals surface area contributed by atoms with E-state index in [1.165, 1.54) is 14.2 Å². The molecule has 0 aliphatic rings. The van der Waals surface area contributed by atoms with Crippen molar-refractivity contribution >= 4 is 32.8 Å². The zero-order valence-electron chi connectivity index (χ0n) is 16.2. The first-order chi connectivity index (χ1) is 13.5. The fourth-order valence-electron chi connectivity index (χ4n) is 2.89. The first-order valence-corrected chi connectivity index (χ1v) is 9.65. The molecule has 6 nitrogen and oxygen atoms in total. The van der Waals surface area contributed by atoms with Gasteiger partial charge in [-0.15, -0.1) is 0 Å². The Bertz CT molecular complexity index is 973. The number of amides is 1. The van der Waals surface area contributed by atoms with Crippen molar-refractivity contribution in [3.05, 3.63) is 52.2 Å². The van der Waals surface area contributed by atoms with Gasteiger partial charge in [0.15, 0.2) is 11.3 Å². The number of hydrogen-bond acceptors (Lipinski definition) is 5. The van der Waals surface area contributed by atoms with Gasteiger partial charge in [0.2, 0.25) is 0 Å². The van der Waals surface area contributed by atoms with Gasteiger partial charge in [0.05, 0.1) is 26.9 Å². The number of methoxy groups -OCH3 is 2. The van der Waals surface area contributed by atoms with Crippen molar-refractivity contribution < 1.29 is 23.4 Å². The van der Waals surface area contributed by atoms with Crippen molar-refractivity contribution in [2.45, 2.75) is 19.9 Å². The van der Waals surface area contributed by atoms with E-state index in [1.54, 1.807) is 12.1 Å². The number of hydrogen-bond donors (Lipinski definition) is 1. The second-order valence-electron chi connectivity index (χ2n) is 6.15. The molecule has 0 aliphatic heterocycles. The fourth-order valence-corrected chi connectivity index (χ4v) is 3.44. The van der Waals surface area contributed by atoms with Crippen LogP contribution < -0.4 is 19.5 Å². The fraction of sp³-hybridized carbons (Fsp3) is 0.286. The lowest BCUT2D eigenvalue weighted by Gasteiger charge is -2.14. The highest BCUT2D eigenvalue weighted by Crippen LogP contribution is 2.36. The predicted molar refractivity (Wildman–Crippen MR) is 111 cm³/mol. The van der Waals surface area contributed by atoms with Crippen LogP contribution in [0.4, 0.5) is 0 Å². The summed E-state index contributed by atoms with van der Waals surface area (Å²) in [6.07, 6.45) is 0. The molecule has 3 rings (SSSR count). The van der Waals surface area contributed by atoms with Gasteiger partial charge in [-0.2, -0.15) is 0 Å². The molecule has 3 aromatic rings. The molecular formula is C21H22BrNO5. The summed E-state index contributed by atoms with van der Waals surface area (Å²) in [7, 11) is 3.07. The third-order valence-electron chi connectivity index (χ3n) is 4.31. The van der Waals surface area contributed by atoms with Gasteiger partial charge in [-0.3, -0.25) is 4.79 Å². The summed E-state index contributed by atoms with van der Waals surface area (Å²) in [5, 5.41) is 3.87. The maximum Gasteiger partial charge on any atom is 0.252 e. The Balaban J connectivity index is 1.85. The number of benzene rings is 2. The first kappa shape index (κ1) is 20.1. The third kappa shape index (κ3) is 3.94. The smallest absolute Gasteiger partial charge is 0.252 e. The Morgan fingerprint density at radius 3 is 2.43 bits per heavy atom. The van der Waals surface area contributed by atoms with Crippen molar-refractivity contribution in [2.24, 2.45) is 0 Å². The van der Waals surface area contributed by atoms with Crippen LogP contribution in [0.15, 0.2) is 45.3 Å². The highest BCUT2D eigenvalue weighted by atomic mass is 79.9. The Morgan fingerprint density at radius 1 is 1.14 bits per heavy atom. The predicted octanol–water partition coefficient (Wildman–Crippen LogP) is 5.10. The van der Waals surface area contributed by atoms with Crippen molar-refractivity contribution in [1.29, 1.82) is 0 Å². The van der Waals surface area contributed by atoms with Crippen molar-refractivity contribution in [3.8, 4) is 17.2 Å². The van der Waals surface area contributed by atoms with Crippen molar-refractivity contribution in [3.63, 3.8) is 0 Å². The molecule has 1 heterocycles. The molecular weight excluding hydrogens is 426 g/mol. The molecule has 0 spiro atoms. The van der Waals surface area contributed by atoms with Crippen molar-refractivity contribution in [1.82, 2.24) is 5.32 Å². The number of carbonyl (C=O) groups excluding carboxylic acids is 1. The van der Waals surface area contributed by atoms with Crippen LogP contribution in [0.2, 0.25) is 0 Å². The lowest BCUT2D eigenvalue weighted by molar-refractivity contribution is 0.0935. The molecule has 1 N–H and O–H groups in total. The minimum Gasteiger partial charge on any atom is -0.495 e. The van der Waals surface area contributed by atoms with Gasteiger partial charge in [0.25, 0.3) is 5.91 Å². The number of nitrogens with one attached hydrogen (secondary N) is 1. The monoisotopic (exact) mass is 447 g/mol. The molecule has 28 heavy (non-hydrogen) atoms. The number of ether oxygens (including phenoxy) is 3. The van der Waals surface area contributed by atoms with Gasteiger partial charge in [-0.25, -0.2) is 0 Å². The van der Waals surface area contributed by atoms with E-state index in [9.17, 15) is 4.79 Å². The molecule has 1 aromatic heterocycles. The minimum absolute atomic E-state index is 0.262. The maximum atomic E-state index is 12.8. The van der Waals surface area contributed by atoms with E-state index >= 15 is 0 Å². The van der Waals surface area contributed by atoms with Crippen LogP contribution in [-0.2, 0) is 0 Å². The van der Waals surface area contributed by atoms with E-state index in [-0.39, 0.29) is 11.9 Å². The summed E-state index contributed by atoms with van der Waals surface area (Å²) in [5.74, 6) is 2.10. The average Bonchev–Trinajstić information content (AvgIpc) is 3.14. The van der Waals surface area contributed by atoms with Crippen LogP contribution in [0, 0.1) is 0 Å². The highest BCUT2D eigenvalue weighted by Gasteiger charge is 2.19. The molecule has 0 fully saturated rings. The second-order valence-corrected chi connectivity index (χ2v) is 6.94. The van der Waals surface area contributed by atoms with Crippen LogP contribution in [0.1, 0.15) is 36.0 Å². The quantitative estimate of drug-likeness (QED) is 0.545. The Morgan fingerprint density at radius 2 is 1.82 bits per heavy atom. The van der Waals surface area contributed by atoms with Gasteiger partial charge in [0.1, 0.15) is 21.7 Å². The molecule has 0 saturated heterocycles. The largest absolute Gasteiger partial charge is 0.495 e. The number of para-hydroxylation sites is 1. The number of fused-ring (bicyclic) bond motifs is 1. The van der Waals surface area contributed by atoms with E-state index in [2.05, 4.69) is 21.2 Å². The molecule has 1 amide bonds. The summed E-state index contributed by atoms with van der Waals surface area (Å²) in [5.41, 5.74) is 1.10. The van der Waals surface area contributed by atoms with E-state index in [0.717, 1.165) is 5.39 Å². The minimum atomic E-state index is -0.338. The lowest BCUT2D eigenvalue weighted by atomic mass is 10.1. The summed E-state index contributed by atoms with van der Waals surface area (Å²) >= 11 is 3.40. The van der Waals surface area contributed by atoms with Crippen LogP contribution in [0.5, 0.6) is 17.2 Å². The van der Waals surface area contributed by atoms with Crippen LogP contribution in [0.3, 0.4) is 0 Å². The topological polar surface area (TPSA) is 69.9 Å². The molecule has 1 atom stereocenters. The average molecular weight is 448 g/mol. The molecule has 0 radical (unpaired) electrons. The van der Waals surface area contributed by atoms with Gasteiger partial charge >= 0.3 is 0 Å². The summed E-state index contributed by atoms with van der Waals surface area (Å²) in [6, 6.07) is 10.6.